The minimum Gasteiger partial charge on any atom is -0.408 e. The fourth-order valence-electron chi connectivity index (χ4n) is 1.79. The van der Waals surface area contributed by atoms with Gasteiger partial charge in [-0.25, -0.2) is 0 Å². The zero-order valence-electron chi connectivity index (χ0n) is 10.6. The van der Waals surface area contributed by atoms with Gasteiger partial charge in [-0.3, -0.25) is 0 Å². The molecule has 0 saturated heterocycles. The Hall–Kier alpha value is -0.830. The van der Waals surface area contributed by atoms with Crippen molar-refractivity contribution in [3.05, 3.63) is 18.4 Å². The van der Waals surface area contributed by atoms with E-state index in [9.17, 15) is 0 Å². The van der Waals surface area contributed by atoms with Crippen molar-refractivity contribution in [2.24, 2.45) is 0 Å². The molecule has 1 rings (SSSR count). The van der Waals surface area contributed by atoms with E-state index in [1.807, 2.05) is 33.9 Å². The number of nitrogens with zero attached hydrogens (tertiary/aromatic N) is 1. The number of rotatable bonds is 4. The highest BCUT2D eigenvalue weighted by atomic mass is 16.5. The summed E-state index contributed by atoms with van der Waals surface area (Å²) < 4.78 is 13.5. The van der Waals surface area contributed by atoms with Gasteiger partial charge in [0.25, 0.3) is 0 Å². The molecular formula is C12H22NO2+. The minimum absolute atomic E-state index is 0.186. The maximum absolute atomic E-state index is 5.86. The van der Waals surface area contributed by atoms with E-state index >= 15 is 0 Å². The Morgan fingerprint density at radius 3 is 2.33 bits per heavy atom. The molecule has 0 aliphatic carbocycles. The third kappa shape index (κ3) is 2.81. The molecule has 0 aliphatic rings. The maximum Gasteiger partial charge on any atom is 0.379 e. The summed E-state index contributed by atoms with van der Waals surface area (Å²) in [5.74, 6) is 0.867. The molecule has 0 unspecified atom stereocenters. The Bertz CT molecular complexity index is 313. The number of ether oxygens (including phenoxy) is 1. The summed E-state index contributed by atoms with van der Waals surface area (Å²) in [6.45, 7) is 12.4. The van der Waals surface area contributed by atoms with Crippen LogP contribution in [0.4, 0.5) is 0 Å². The van der Waals surface area contributed by atoms with Crippen molar-refractivity contribution in [3.8, 4) is 0 Å². The van der Waals surface area contributed by atoms with Crippen LogP contribution in [0.2, 0.25) is 0 Å². The lowest BCUT2D eigenvalue weighted by Crippen LogP contribution is -2.44. The van der Waals surface area contributed by atoms with Crippen LogP contribution < -0.4 is 4.57 Å². The second-order valence-corrected chi connectivity index (χ2v) is 4.89. The molecule has 0 saturated carbocycles. The van der Waals surface area contributed by atoms with Gasteiger partial charge in [0.1, 0.15) is 0 Å². The fourth-order valence-corrected chi connectivity index (χ4v) is 1.79. The summed E-state index contributed by atoms with van der Waals surface area (Å²) in [6, 6.07) is 0.383. The molecule has 1 aromatic rings. The monoisotopic (exact) mass is 212 g/mol. The third-order valence-corrected chi connectivity index (χ3v) is 2.24. The van der Waals surface area contributed by atoms with Gasteiger partial charge in [-0.2, -0.15) is 4.57 Å². The number of oxazole rings is 1. The van der Waals surface area contributed by atoms with Crippen molar-refractivity contribution in [1.82, 2.24) is 0 Å². The van der Waals surface area contributed by atoms with Gasteiger partial charge in [-0.05, 0) is 41.5 Å². The largest absolute Gasteiger partial charge is 0.408 e. The number of hydrogen-bond acceptors (Lipinski definition) is 2. The second kappa shape index (κ2) is 4.35. The Labute approximate surface area is 92.1 Å². The summed E-state index contributed by atoms with van der Waals surface area (Å²) >= 11 is 0. The van der Waals surface area contributed by atoms with E-state index in [2.05, 4.69) is 18.4 Å². The summed E-state index contributed by atoms with van der Waals surface area (Å²) in [5, 5.41) is 0. The van der Waals surface area contributed by atoms with Crippen molar-refractivity contribution in [2.75, 3.05) is 0 Å². The van der Waals surface area contributed by atoms with E-state index in [0.29, 0.717) is 6.04 Å². The highest BCUT2D eigenvalue weighted by molar-refractivity contribution is 4.87. The van der Waals surface area contributed by atoms with Crippen molar-refractivity contribution < 1.29 is 13.7 Å². The van der Waals surface area contributed by atoms with Gasteiger partial charge in [0.05, 0.1) is 6.10 Å². The lowest BCUT2D eigenvalue weighted by molar-refractivity contribution is -0.732. The average Bonchev–Trinajstić information content (AvgIpc) is 2.48. The molecule has 86 valence electrons. The lowest BCUT2D eigenvalue weighted by atomic mass is 10.1. The zero-order valence-corrected chi connectivity index (χ0v) is 10.6. The molecule has 3 heteroatoms. The molecule has 0 bridgehead atoms. The first-order valence-corrected chi connectivity index (χ1v) is 5.51. The second-order valence-electron chi connectivity index (χ2n) is 4.89. The molecule has 0 fully saturated rings. The number of hydrogen-bond donors (Lipinski definition) is 0. The molecule has 15 heavy (non-hydrogen) atoms. The van der Waals surface area contributed by atoms with E-state index in [-0.39, 0.29) is 11.7 Å². The summed E-state index contributed by atoms with van der Waals surface area (Å²) in [4.78, 5) is 0. The first-order valence-electron chi connectivity index (χ1n) is 5.51. The lowest BCUT2D eigenvalue weighted by Gasteiger charge is -2.22. The topological polar surface area (TPSA) is 26.2 Å². The van der Waals surface area contributed by atoms with E-state index in [1.54, 1.807) is 6.26 Å². The standard InChI is InChI=1S/C12H22NO2/c1-9(2)13-7-8-14-11(13)12(5,6)15-10(3)4/h7-10H,1-6H3/q+1. The summed E-state index contributed by atoms with van der Waals surface area (Å²) in [5.41, 5.74) is -0.387. The van der Waals surface area contributed by atoms with Gasteiger partial charge in [-0.15, -0.1) is 0 Å². The zero-order chi connectivity index (χ0) is 11.6. The van der Waals surface area contributed by atoms with Gasteiger partial charge < -0.3 is 9.15 Å². The first kappa shape index (κ1) is 12.2. The molecule has 0 radical (unpaired) electrons. The predicted molar refractivity (Wildman–Crippen MR) is 58.5 cm³/mol. The van der Waals surface area contributed by atoms with Crippen molar-refractivity contribution in [3.63, 3.8) is 0 Å². The van der Waals surface area contributed by atoms with Crippen LogP contribution in [0.5, 0.6) is 0 Å². The molecule has 0 spiro atoms. The molecule has 0 aromatic carbocycles. The molecule has 0 aliphatic heterocycles. The van der Waals surface area contributed by atoms with Crippen LogP contribution in [-0.2, 0) is 10.3 Å². The Kier molecular flexibility index (Phi) is 3.55. The summed E-state index contributed by atoms with van der Waals surface area (Å²) in [7, 11) is 0. The summed E-state index contributed by atoms with van der Waals surface area (Å²) in [6.07, 6.45) is 3.84. The van der Waals surface area contributed by atoms with E-state index in [4.69, 9.17) is 9.15 Å². The van der Waals surface area contributed by atoms with Crippen LogP contribution in [0.3, 0.4) is 0 Å². The van der Waals surface area contributed by atoms with Crippen molar-refractivity contribution in [2.45, 2.75) is 59.3 Å². The van der Waals surface area contributed by atoms with Crippen LogP contribution in [0, 0.1) is 0 Å². The molecule has 0 N–H and O–H groups in total. The minimum atomic E-state index is -0.387. The Balaban J connectivity index is 2.98. The van der Waals surface area contributed by atoms with Crippen LogP contribution >= 0.6 is 0 Å². The van der Waals surface area contributed by atoms with Crippen LogP contribution in [0.15, 0.2) is 16.9 Å². The van der Waals surface area contributed by atoms with E-state index < -0.39 is 0 Å². The molecule has 1 heterocycles. The molecule has 3 nitrogen and oxygen atoms in total. The highest BCUT2D eigenvalue weighted by Crippen LogP contribution is 2.24. The smallest absolute Gasteiger partial charge is 0.379 e. The number of aromatic nitrogens is 1. The fraction of sp³-hybridized carbons (Fsp3) is 0.750. The van der Waals surface area contributed by atoms with Crippen LogP contribution in [0.1, 0.15) is 53.5 Å². The maximum atomic E-state index is 5.86. The molecule has 1 aromatic heterocycles. The van der Waals surface area contributed by atoms with Crippen molar-refractivity contribution in [1.29, 1.82) is 0 Å². The van der Waals surface area contributed by atoms with Gasteiger partial charge in [0, 0.05) is 0 Å². The Morgan fingerprint density at radius 2 is 1.87 bits per heavy atom. The van der Waals surface area contributed by atoms with Crippen molar-refractivity contribution >= 4 is 0 Å². The highest BCUT2D eigenvalue weighted by Gasteiger charge is 2.37. The quantitative estimate of drug-likeness (QED) is 0.717. The predicted octanol–water partition coefficient (Wildman–Crippen LogP) is 2.81. The van der Waals surface area contributed by atoms with E-state index in [1.165, 1.54) is 0 Å². The SMILES string of the molecule is CC(C)OC(C)(C)c1occ[n+]1C(C)C. The van der Waals surface area contributed by atoms with Gasteiger partial charge in [0.2, 0.25) is 6.20 Å². The first-order chi connectivity index (χ1) is 6.84. The molecule has 0 atom stereocenters. The molecule has 0 amide bonds. The van der Waals surface area contributed by atoms with Gasteiger partial charge >= 0.3 is 5.89 Å². The third-order valence-electron chi connectivity index (χ3n) is 2.24. The van der Waals surface area contributed by atoms with Gasteiger partial charge in [0.15, 0.2) is 17.9 Å². The normalized spacial score (nSPS) is 12.8. The molecular weight excluding hydrogens is 190 g/mol. The van der Waals surface area contributed by atoms with Crippen LogP contribution in [-0.4, -0.2) is 6.10 Å². The Morgan fingerprint density at radius 1 is 1.27 bits per heavy atom. The average molecular weight is 212 g/mol. The van der Waals surface area contributed by atoms with E-state index in [0.717, 1.165) is 5.89 Å². The van der Waals surface area contributed by atoms with Crippen LogP contribution in [0.25, 0.3) is 0 Å². The van der Waals surface area contributed by atoms with Gasteiger partial charge in [-0.1, -0.05) is 0 Å².